The van der Waals surface area contributed by atoms with E-state index < -0.39 is 0 Å². The van der Waals surface area contributed by atoms with Crippen molar-refractivity contribution in [1.29, 1.82) is 0 Å². The van der Waals surface area contributed by atoms with Crippen LogP contribution in [0.1, 0.15) is 0 Å². The van der Waals surface area contributed by atoms with Crippen molar-refractivity contribution in [3.05, 3.63) is 177 Å². The number of aromatic nitrogens is 3. The van der Waals surface area contributed by atoms with Crippen LogP contribution in [-0.2, 0) is 0 Å². The van der Waals surface area contributed by atoms with Crippen molar-refractivity contribution < 1.29 is 13.3 Å². The van der Waals surface area contributed by atoms with E-state index in [-0.39, 0.29) is 0 Å². The predicted octanol–water partition coefficient (Wildman–Crippen LogP) is 13.9. The molecule has 0 atom stereocenters. The van der Waals surface area contributed by atoms with Crippen molar-refractivity contribution in [2.24, 2.45) is 0 Å². The third-order valence-electron chi connectivity index (χ3n) is 11.1. The highest BCUT2D eigenvalue weighted by molar-refractivity contribution is 6.08. The molecule has 12 aromatic rings. The molecule has 0 saturated carbocycles. The first-order valence-electron chi connectivity index (χ1n) is 18.9. The lowest BCUT2D eigenvalue weighted by Gasteiger charge is -2.09. The monoisotopic (exact) mass is 731 g/mol. The number of benzene rings is 6. The van der Waals surface area contributed by atoms with E-state index in [1.165, 1.54) is 0 Å². The second-order valence-corrected chi connectivity index (χ2v) is 14.5. The summed E-state index contributed by atoms with van der Waals surface area (Å²) in [7, 11) is 0. The van der Waals surface area contributed by atoms with Crippen LogP contribution in [0.2, 0.25) is 0 Å². The maximum Gasteiger partial charge on any atom is 0.153 e. The standard InChI is InChI=1S/C51H29N3O3/c1-4-30(20-32(6-1)35-10-13-46-41(23-35)39-16-18-52-27-49(39)55-46)31-5-2-7-33(21-31)37-12-15-48-43(25-37)44-26-45(54-29-51(44)57-48)38-9-3-8-34(22-38)36-11-14-47-42(24-36)40-17-19-53-28-50(40)56-47/h1-29H. The molecule has 0 fully saturated rings. The van der Waals surface area contributed by atoms with E-state index in [4.69, 9.17) is 18.2 Å². The Morgan fingerprint density at radius 2 is 0.649 bits per heavy atom. The van der Waals surface area contributed by atoms with Gasteiger partial charge in [0.15, 0.2) is 16.7 Å². The van der Waals surface area contributed by atoms with E-state index in [1.54, 1.807) is 18.6 Å². The molecule has 0 bridgehead atoms. The van der Waals surface area contributed by atoms with Crippen LogP contribution in [-0.4, -0.2) is 15.0 Å². The van der Waals surface area contributed by atoms with Crippen molar-refractivity contribution >= 4 is 65.8 Å². The lowest BCUT2D eigenvalue weighted by Crippen LogP contribution is -1.85. The van der Waals surface area contributed by atoms with Gasteiger partial charge in [-0.3, -0.25) is 15.0 Å². The second kappa shape index (κ2) is 12.3. The summed E-state index contributed by atoms with van der Waals surface area (Å²) in [5.41, 5.74) is 15.9. The number of pyridine rings is 3. The number of furan rings is 3. The summed E-state index contributed by atoms with van der Waals surface area (Å²) in [5, 5.41) is 6.38. The van der Waals surface area contributed by atoms with Gasteiger partial charge in [-0.1, -0.05) is 72.8 Å². The molecular formula is C51H29N3O3. The van der Waals surface area contributed by atoms with Gasteiger partial charge >= 0.3 is 0 Å². The number of rotatable bonds is 5. The molecule has 266 valence electrons. The summed E-state index contributed by atoms with van der Waals surface area (Å²) in [6.45, 7) is 0. The van der Waals surface area contributed by atoms with Crippen molar-refractivity contribution in [2.75, 3.05) is 0 Å². The maximum atomic E-state index is 6.30. The van der Waals surface area contributed by atoms with Crippen molar-refractivity contribution in [2.45, 2.75) is 0 Å². The van der Waals surface area contributed by atoms with Crippen molar-refractivity contribution in [3.8, 4) is 55.8 Å². The maximum absolute atomic E-state index is 6.30. The minimum atomic E-state index is 0.762. The molecule has 12 rings (SSSR count). The number of hydrogen-bond donors (Lipinski definition) is 0. The molecule has 6 aromatic carbocycles. The minimum absolute atomic E-state index is 0.762. The first-order chi connectivity index (χ1) is 28.2. The van der Waals surface area contributed by atoms with Crippen LogP contribution in [0.4, 0.5) is 0 Å². The average molecular weight is 732 g/mol. The Morgan fingerprint density at radius 3 is 1.12 bits per heavy atom. The fourth-order valence-corrected chi connectivity index (χ4v) is 8.26. The molecular weight excluding hydrogens is 703 g/mol. The summed E-state index contributed by atoms with van der Waals surface area (Å²) < 4.78 is 18.4. The molecule has 0 aliphatic carbocycles. The molecule has 6 nitrogen and oxygen atoms in total. The number of nitrogens with zero attached hydrogens (tertiary/aromatic N) is 3. The Balaban J connectivity index is 0.881. The fourth-order valence-electron chi connectivity index (χ4n) is 8.26. The summed E-state index contributed by atoms with van der Waals surface area (Å²) in [4.78, 5) is 13.3. The topological polar surface area (TPSA) is 78.1 Å². The van der Waals surface area contributed by atoms with Gasteiger partial charge in [0.2, 0.25) is 0 Å². The quantitative estimate of drug-likeness (QED) is 0.175. The average Bonchev–Trinajstić information content (AvgIpc) is 3.96. The van der Waals surface area contributed by atoms with Crippen molar-refractivity contribution in [1.82, 2.24) is 15.0 Å². The van der Waals surface area contributed by atoms with Crippen molar-refractivity contribution in [3.63, 3.8) is 0 Å². The van der Waals surface area contributed by atoms with Gasteiger partial charge in [0, 0.05) is 50.3 Å². The summed E-state index contributed by atoms with van der Waals surface area (Å²) in [6.07, 6.45) is 8.99. The van der Waals surface area contributed by atoms with E-state index in [0.29, 0.717) is 0 Å². The molecule has 6 heterocycles. The van der Waals surface area contributed by atoms with E-state index >= 15 is 0 Å². The van der Waals surface area contributed by atoms with Gasteiger partial charge in [0.05, 0.1) is 24.3 Å². The fraction of sp³-hybridized carbons (Fsp3) is 0. The van der Waals surface area contributed by atoms with E-state index in [9.17, 15) is 0 Å². The van der Waals surface area contributed by atoms with E-state index in [1.807, 2.05) is 36.7 Å². The molecule has 0 N–H and O–H groups in total. The van der Waals surface area contributed by atoms with Crippen LogP contribution in [0.25, 0.3) is 122 Å². The Morgan fingerprint density at radius 1 is 0.281 bits per heavy atom. The zero-order valence-electron chi connectivity index (χ0n) is 30.3. The number of hydrogen-bond acceptors (Lipinski definition) is 6. The highest BCUT2D eigenvalue weighted by atomic mass is 16.3. The third-order valence-corrected chi connectivity index (χ3v) is 11.1. The predicted molar refractivity (Wildman–Crippen MR) is 229 cm³/mol. The first kappa shape index (κ1) is 31.5. The van der Waals surface area contributed by atoms with E-state index in [0.717, 1.165) is 122 Å². The van der Waals surface area contributed by atoms with E-state index in [2.05, 4.69) is 131 Å². The molecule has 6 aromatic heterocycles. The molecule has 0 spiro atoms. The van der Waals surface area contributed by atoms with Crippen LogP contribution in [0.5, 0.6) is 0 Å². The number of fused-ring (bicyclic) bond motifs is 9. The molecule has 6 heteroatoms. The molecule has 0 aliphatic heterocycles. The van der Waals surface area contributed by atoms with Gasteiger partial charge in [0.25, 0.3) is 0 Å². The summed E-state index contributed by atoms with van der Waals surface area (Å²) in [6, 6.07) is 51.3. The minimum Gasteiger partial charge on any atom is -0.454 e. The molecule has 0 saturated heterocycles. The first-order valence-corrected chi connectivity index (χ1v) is 18.9. The second-order valence-electron chi connectivity index (χ2n) is 14.5. The lowest BCUT2D eigenvalue weighted by atomic mass is 9.95. The van der Waals surface area contributed by atoms with Crippen LogP contribution in [0, 0.1) is 0 Å². The highest BCUT2D eigenvalue weighted by Gasteiger charge is 2.14. The molecule has 0 unspecified atom stereocenters. The third kappa shape index (κ3) is 5.23. The molecule has 57 heavy (non-hydrogen) atoms. The van der Waals surface area contributed by atoms with Gasteiger partial charge in [-0.2, -0.15) is 0 Å². The zero-order chi connectivity index (χ0) is 37.5. The summed E-state index contributed by atoms with van der Waals surface area (Å²) in [5.74, 6) is 0. The van der Waals surface area contributed by atoms with Crippen LogP contribution < -0.4 is 0 Å². The Hall–Kier alpha value is -7.83. The molecule has 0 aliphatic rings. The Labute approximate surface area is 325 Å². The van der Waals surface area contributed by atoms with Gasteiger partial charge in [-0.05, 0) is 117 Å². The summed E-state index contributed by atoms with van der Waals surface area (Å²) >= 11 is 0. The van der Waals surface area contributed by atoms with Gasteiger partial charge < -0.3 is 13.3 Å². The Kier molecular flexibility index (Phi) is 6.83. The zero-order valence-corrected chi connectivity index (χ0v) is 30.3. The van der Waals surface area contributed by atoms with Crippen LogP contribution in [0.15, 0.2) is 190 Å². The lowest BCUT2D eigenvalue weighted by molar-refractivity contribution is 0.666. The normalized spacial score (nSPS) is 11.9. The molecule has 0 radical (unpaired) electrons. The van der Waals surface area contributed by atoms with Gasteiger partial charge in [-0.25, -0.2) is 0 Å². The van der Waals surface area contributed by atoms with Gasteiger partial charge in [-0.15, -0.1) is 0 Å². The Bertz CT molecular complexity index is 3550. The van der Waals surface area contributed by atoms with Gasteiger partial charge in [0.1, 0.15) is 16.7 Å². The SMILES string of the molecule is c1cc(-c2cccc(-c3ccc4oc5cnc(-c6cccc(-c7ccc8oc9cnccc9c8c7)c6)cc5c4c3)c2)cc(-c2ccc3oc4cnccc4c3c2)c1. The molecule has 0 amide bonds. The van der Waals surface area contributed by atoms with Crippen LogP contribution >= 0.6 is 0 Å². The van der Waals surface area contributed by atoms with Crippen LogP contribution in [0.3, 0.4) is 0 Å². The largest absolute Gasteiger partial charge is 0.454 e. The highest BCUT2D eigenvalue weighted by Crippen LogP contribution is 2.38. The smallest absolute Gasteiger partial charge is 0.153 e.